The maximum absolute atomic E-state index is 13.0. The van der Waals surface area contributed by atoms with E-state index in [0.717, 1.165) is 24.2 Å². The van der Waals surface area contributed by atoms with Gasteiger partial charge in [0.05, 0.1) is 11.9 Å². The number of carbonyl (C=O) groups excluding carboxylic acids is 1. The lowest BCUT2D eigenvalue weighted by Gasteiger charge is -2.21. The third-order valence-electron chi connectivity index (χ3n) is 4.67. The second-order valence-electron chi connectivity index (χ2n) is 6.59. The van der Waals surface area contributed by atoms with Crippen molar-refractivity contribution < 1.29 is 9.21 Å². The van der Waals surface area contributed by atoms with Gasteiger partial charge in [0, 0.05) is 18.0 Å². The van der Waals surface area contributed by atoms with E-state index in [-0.39, 0.29) is 11.9 Å². The lowest BCUT2D eigenvalue weighted by molar-refractivity contribution is 0.0718. The third kappa shape index (κ3) is 3.70. The fourth-order valence-electron chi connectivity index (χ4n) is 3.37. The molecule has 27 heavy (non-hydrogen) atoms. The van der Waals surface area contributed by atoms with Crippen LogP contribution in [0.1, 0.15) is 51.5 Å². The molecule has 3 aromatic rings. The highest BCUT2D eigenvalue weighted by molar-refractivity contribution is 7.17. The minimum Gasteiger partial charge on any atom is -0.443 e. The molecule has 0 unspecified atom stereocenters. The smallest absolute Gasteiger partial charge is 0.266 e. The molecule has 0 aliphatic carbocycles. The van der Waals surface area contributed by atoms with Gasteiger partial charge in [-0.15, -0.1) is 0 Å². The number of likely N-dealkylation sites (tertiary alicyclic amines) is 1. The van der Waals surface area contributed by atoms with E-state index in [1.165, 1.54) is 11.3 Å². The number of hydrogen-bond donors (Lipinski definition) is 1. The Balaban J connectivity index is 1.52. The summed E-state index contributed by atoms with van der Waals surface area (Å²) in [5, 5.41) is 1.11. The van der Waals surface area contributed by atoms with Gasteiger partial charge in [-0.25, -0.2) is 9.97 Å². The Bertz CT molecular complexity index is 967. The van der Waals surface area contributed by atoms with E-state index in [9.17, 15) is 4.79 Å². The molecule has 0 radical (unpaired) electrons. The number of oxazole rings is 1. The average molecular weight is 403 g/mol. The number of thiazole rings is 1. The molecular formula is C19H19ClN4O2S. The predicted molar refractivity (Wildman–Crippen MR) is 105 cm³/mol. The Morgan fingerprint density at radius 3 is 2.89 bits per heavy atom. The summed E-state index contributed by atoms with van der Waals surface area (Å²) in [6.45, 7) is 2.48. The van der Waals surface area contributed by atoms with E-state index >= 15 is 0 Å². The predicted octanol–water partition coefficient (Wildman–Crippen LogP) is 4.24. The summed E-state index contributed by atoms with van der Waals surface area (Å²) in [5.41, 5.74) is 7.51. The monoisotopic (exact) mass is 402 g/mol. The first-order chi connectivity index (χ1) is 13.0. The van der Waals surface area contributed by atoms with E-state index in [1.54, 1.807) is 13.1 Å². The number of nitrogen functional groups attached to an aromatic ring is 1. The standard InChI is InChI=1S/C19H19ClN4O2S/c1-11-16(27-19(21)23-11)18(25)24-8-2-3-15(24)17-22-10-14(26-17)9-12-4-6-13(20)7-5-12/h4-7,10,15H,2-3,8-9H2,1H3,(H2,21,23)/t15-/m1/s1. The first-order valence-electron chi connectivity index (χ1n) is 8.74. The average Bonchev–Trinajstić information content (AvgIpc) is 3.36. The highest BCUT2D eigenvalue weighted by Gasteiger charge is 2.35. The van der Waals surface area contributed by atoms with Gasteiger partial charge in [-0.05, 0) is 37.5 Å². The minimum absolute atomic E-state index is 0.0540. The zero-order valence-electron chi connectivity index (χ0n) is 14.8. The van der Waals surface area contributed by atoms with Crippen molar-refractivity contribution >= 4 is 34.0 Å². The number of aryl methyl sites for hydroxylation is 1. The van der Waals surface area contributed by atoms with Crippen molar-refractivity contribution in [2.75, 3.05) is 12.3 Å². The number of nitrogens with two attached hydrogens (primary N) is 1. The molecule has 1 fully saturated rings. The molecule has 1 atom stereocenters. The Morgan fingerprint density at radius 2 is 2.19 bits per heavy atom. The molecule has 1 saturated heterocycles. The van der Waals surface area contributed by atoms with Crippen LogP contribution >= 0.6 is 22.9 Å². The molecule has 1 aliphatic heterocycles. The summed E-state index contributed by atoms with van der Waals surface area (Å²) in [6, 6.07) is 7.49. The number of benzene rings is 1. The fraction of sp³-hybridized carbons (Fsp3) is 0.316. The van der Waals surface area contributed by atoms with Gasteiger partial charge >= 0.3 is 0 Å². The van der Waals surface area contributed by atoms with Gasteiger partial charge in [-0.3, -0.25) is 4.79 Å². The molecule has 140 valence electrons. The molecule has 1 aromatic carbocycles. The fourth-order valence-corrected chi connectivity index (χ4v) is 4.29. The molecule has 0 spiro atoms. The maximum Gasteiger partial charge on any atom is 0.266 e. The maximum atomic E-state index is 13.0. The van der Waals surface area contributed by atoms with Crippen molar-refractivity contribution in [2.45, 2.75) is 32.2 Å². The topological polar surface area (TPSA) is 85.2 Å². The van der Waals surface area contributed by atoms with Crippen molar-refractivity contribution in [3.63, 3.8) is 0 Å². The van der Waals surface area contributed by atoms with E-state index in [4.69, 9.17) is 21.8 Å². The molecule has 1 aliphatic rings. The van der Waals surface area contributed by atoms with Gasteiger partial charge < -0.3 is 15.1 Å². The summed E-state index contributed by atoms with van der Waals surface area (Å²) in [5.74, 6) is 1.30. The molecule has 6 nitrogen and oxygen atoms in total. The molecule has 4 rings (SSSR count). The summed E-state index contributed by atoms with van der Waals surface area (Å²) < 4.78 is 5.98. The molecule has 8 heteroatoms. The van der Waals surface area contributed by atoms with Crippen molar-refractivity contribution in [1.29, 1.82) is 0 Å². The van der Waals surface area contributed by atoms with Crippen LogP contribution < -0.4 is 5.73 Å². The summed E-state index contributed by atoms with van der Waals surface area (Å²) in [7, 11) is 0. The number of amides is 1. The molecule has 0 saturated carbocycles. The van der Waals surface area contributed by atoms with Crippen molar-refractivity contribution in [3.05, 3.63) is 63.3 Å². The molecule has 0 bridgehead atoms. The molecule has 1 amide bonds. The lowest BCUT2D eigenvalue weighted by atomic mass is 10.1. The number of halogens is 1. The first-order valence-corrected chi connectivity index (χ1v) is 9.93. The summed E-state index contributed by atoms with van der Waals surface area (Å²) >= 11 is 7.16. The number of aromatic nitrogens is 2. The number of rotatable bonds is 4. The number of hydrogen-bond acceptors (Lipinski definition) is 6. The SMILES string of the molecule is Cc1nc(N)sc1C(=O)N1CCC[C@@H]1c1ncc(Cc2ccc(Cl)cc2)o1. The van der Waals surface area contributed by atoms with Crippen LogP contribution in [-0.2, 0) is 6.42 Å². The van der Waals surface area contributed by atoms with Gasteiger partial charge in [-0.1, -0.05) is 35.1 Å². The van der Waals surface area contributed by atoms with E-state index in [0.29, 0.717) is 39.6 Å². The second-order valence-corrected chi connectivity index (χ2v) is 8.06. The van der Waals surface area contributed by atoms with Crippen LogP contribution in [0.4, 0.5) is 5.13 Å². The van der Waals surface area contributed by atoms with E-state index in [2.05, 4.69) is 9.97 Å². The van der Waals surface area contributed by atoms with Crippen molar-refractivity contribution in [2.24, 2.45) is 0 Å². The number of nitrogens with zero attached hydrogens (tertiary/aromatic N) is 3. The van der Waals surface area contributed by atoms with Gasteiger partial charge in [0.15, 0.2) is 5.13 Å². The van der Waals surface area contributed by atoms with E-state index < -0.39 is 0 Å². The second kappa shape index (κ2) is 7.32. The highest BCUT2D eigenvalue weighted by Crippen LogP contribution is 2.34. The lowest BCUT2D eigenvalue weighted by Crippen LogP contribution is -2.30. The Morgan fingerprint density at radius 1 is 1.41 bits per heavy atom. The Hall–Kier alpha value is -2.38. The Labute approximate surface area is 166 Å². The van der Waals surface area contributed by atoms with Crippen molar-refractivity contribution in [1.82, 2.24) is 14.9 Å². The first kappa shape index (κ1) is 18.0. The minimum atomic E-state index is -0.154. The van der Waals surface area contributed by atoms with Crippen LogP contribution in [0.15, 0.2) is 34.9 Å². The zero-order valence-corrected chi connectivity index (χ0v) is 16.4. The zero-order chi connectivity index (χ0) is 19.0. The quantitative estimate of drug-likeness (QED) is 0.705. The normalized spacial score (nSPS) is 16.8. The summed E-state index contributed by atoms with van der Waals surface area (Å²) in [4.78, 5) is 24.0. The van der Waals surface area contributed by atoms with Crippen LogP contribution in [0, 0.1) is 6.92 Å². The number of carbonyl (C=O) groups is 1. The van der Waals surface area contributed by atoms with Crippen LogP contribution in [0.5, 0.6) is 0 Å². The Kier molecular flexibility index (Phi) is 4.88. The van der Waals surface area contributed by atoms with Gasteiger partial charge in [0.1, 0.15) is 16.7 Å². The molecule has 2 aromatic heterocycles. The van der Waals surface area contributed by atoms with Gasteiger partial charge in [0.25, 0.3) is 5.91 Å². The van der Waals surface area contributed by atoms with Crippen LogP contribution in [0.25, 0.3) is 0 Å². The van der Waals surface area contributed by atoms with Crippen LogP contribution in [-0.4, -0.2) is 27.3 Å². The summed E-state index contributed by atoms with van der Waals surface area (Å²) in [6.07, 6.45) is 4.12. The molecular weight excluding hydrogens is 384 g/mol. The van der Waals surface area contributed by atoms with Crippen molar-refractivity contribution in [3.8, 4) is 0 Å². The van der Waals surface area contributed by atoms with Crippen LogP contribution in [0.3, 0.4) is 0 Å². The van der Waals surface area contributed by atoms with Gasteiger partial charge in [-0.2, -0.15) is 0 Å². The highest BCUT2D eigenvalue weighted by atomic mass is 35.5. The third-order valence-corrected chi connectivity index (χ3v) is 5.90. The molecule has 3 heterocycles. The van der Waals surface area contributed by atoms with Gasteiger partial charge in [0.2, 0.25) is 5.89 Å². The largest absolute Gasteiger partial charge is 0.443 e. The number of anilines is 1. The van der Waals surface area contributed by atoms with Crippen LogP contribution in [0.2, 0.25) is 5.02 Å². The molecule has 2 N–H and O–H groups in total. The van der Waals surface area contributed by atoms with E-state index in [1.807, 2.05) is 29.2 Å².